The highest BCUT2D eigenvalue weighted by Gasteiger charge is 2.21. The molecule has 0 fully saturated rings. The van der Waals surface area contributed by atoms with Gasteiger partial charge in [-0.2, -0.15) is 0 Å². The summed E-state index contributed by atoms with van der Waals surface area (Å²) in [6, 6.07) is 13.2. The van der Waals surface area contributed by atoms with Gasteiger partial charge in [-0.05, 0) is 36.9 Å². The summed E-state index contributed by atoms with van der Waals surface area (Å²) in [4.78, 5) is 12.8. The maximum absolute atomic E-state index is 14.4. The Morgan fingerprint density at radius 1 is 1.00 bits per heavy atom. The lowest BCUT2D eigenvalue weighted by atomic mass is 10.0. The predicted molar refractivity (Wildman–Crippen MR) is 97.2 cm³/mol. The molecule has 0 N–H and O–H groups in total. The molecule has 0 saturated carbocycles. The van der Waals surface area contributed by atoms with Gasteiger partial charge in [-0.15, -0.1) is 0 Å². The van der Waals surface area contributed by atoms with Gasteiger partial charge < -0.3 is 9.80 Å². The van der Waals surface area contributed by atoms with Gasteiger partial charge >= 0.3 is 0 Å². The van der Waals surface area contributed by atoms with Crippen molar-refractivity contribution in [2.45, 2.75) is 6.54 Å². The van der Waals surface area contributed by atoms with E-state index in [2.05, 4.69) is 38.9 Å². The van der Waals surface area contributed by atoms with Crippen molar-refractivity contribution >= 4 is 11.4 Å². The Morgan fingerprint density at radius 2 is 1.88 bits per heavy atom. The summed E-state index contributed by atoms with van der Waals surface area (Å²) in [7, 11) is 2.09. The van der Waals surface area contributed by atoms with Crippen LogP contribution in [-0.2, 0) is 6.54 Å². The molecule has 4 rings (SSSR count). The van der Waals surface area contributed by atoms with Crippen molar-refractivity contribution in [3.05, 3.63) is 72.4 Å². The third kappa shape index (κ3) is 3.10. The second kappa shape index (κ2) is 6.61. The first-order chi connectivity index (χ1) is 12.2. The number of benzene rings is 2. The lowest BCUT2D eigenvalue weighted by molar-refractivity contribution is 0.343. The molecule has 0 spiro atoms. The molecule has 1 aliphatic heterocycles. The van der Waals surface area contributed by atoms with Gasteiger partial charge in [-0.1, -0.05) is 18.2 Å². The van der Waals surface area contributed by atoms with Crippen LogP contribution in [0, 0.1) is 5.82 Å². The Kier molecular flexibility index (Phi) is 4.15. The third-order valence-electron chi connectivity index (χ3n) is 4.52. The molecule has 0 bridgehead atoms. The van der Waals surface area contributed by atoms with Gasteiger partial charge in [0.05, 0.1) is 17.6 Å². The molecular formula is C20H19FN4. The van der Waals surface area contributed by atoms with Crippen LogP contribution in [0.2, 0.25) is 0 Å². The highest BCUT2D eigenvalue weighted by Crippen LogP contribution is 2.34. The molecule has 0 radical (unpaired) electrons. The number of likely N-dealkylation sites (N-methyl/N-ethyl adjacent to an activating group) is 1. The van der Waals surface area contributed by atoms with Crippen LogP contribution >= 0.6 is 0 Å². The van der Waals surface area contributed by atoms with E-state index in [-0.39, 0.29) is 5.82 Å². The average Bonchev–Trinajstić information content (AvgIpc) is 2.80. The summed E-state index contributed by atoms with van der Waals surface area (Å²) in [5, 5.41) is 0. The van der Waals surface area contributed by atoms with Gasteiger partial charge in [-0.3, -0.25) is 9.97 Å². The van der Waals surface area contributed by atoms with Crippen LogP contribution in [0.25, 0.3) is 11.3 Å². The van der Waals surface area contributed by atoms with Gasteiger partial charge in [0, 0.05) is 43.3 Å². The van der Waals surface area contributed by atoms with E-state index in [4.69, 9.17) is 0 Å². The molecule has 0 amide bonds. The summed E-state index contributed by atoms with van der Waals surface area (Å²) >= 11 is 0. The number of nitrogens with zero attached hydrogens (tertiary/aromatic N) is 4. The Labute approximate surface area is 146 Å². The Morgan fingerprint density at radius 3 is 2.68 bits per heavy atom. The van der Waals surface area contributed by atoms with Crippen molar-refractivity contribution in [1.29, 1.82) is 0 Å². The quantitative estimate of drug-likeness (QED) is 0.712. The van der Waals surface area contributed by atoms with E-state index in [9.17, 15) is 4.39 Å². The topological polar surface area (TPSA) is 32.3 Å². The fourth-order valence-electron chi connectivity index (χ4n) is 3.26. The number of halogens is 1. The van der Waals surface area contributed by atoms with Crippen LogP contribution in [0.1, 0.15) is 5.56 Å². The summed E-state index contributed by atoms with van der Waals surface area (Å²) in [5.41, 5.74) is 4.69. The molecule has 4 nitrogen and oxygen atoms in total. The third-order valence-corrected chi connectivity index (χ3v) is 4.52. The standard InChI is InChI=1S/C20H19FN4/c1-24-10-11-25(20-5-3-2-4-17(20)21)19-7-6-15(12-16(19)14-24)18-13-22-8-9-23-18/h2-9,12-13H,10-11,14H2,1H3. The second-order valence-electron chi connectivity index (χ2n) is 6.27. The molecule has 25 heavy (non-hydrogen) atoms. The van der Waals surface area contributed by atoms with Gasteiger partial charge in [0.1, 0.15) is 5.82 Å². The van der Waals surface area contributed by atoms with Crippen molar-refractivity contribution in [3.63, 3.8) is 0 Å². The maximum atomic E-state index is 14.4. The van der Waals surface area contributed by atoms with Crippen molar-refractivity contribution in [1.82, 2.24) is 14.9 Å². The van der Waals surface area contributed by atoms with E-state index >= 15 is 0 Å². The molecule has 0 unspecified atom stereocenters. The van der Waals surface area contributed by atoms with Crippen molar-refractivity contribution in [3.8, 4) is 11.3 Å². The highest BCUT2D eigenvalue weighted by molar-refractivity contribution is 5.72. The van der Waals surface area contributed by atoms with E-state index in [1.54, 1.807) is 24.7 Å². The molecule has 0 aliphatic carbocycles. The van der Waals surface area contributed by atoms with Crippen LogP contribution < -0.4 is 4.90 Å². The van der Waals surface area contributed by atoms with E-state index in [1.807, 2.05) is 18.2 Å². The first kappa shape index (κ1) is 15.7. The Bertz CT molecular complexity index is 882. The summed E-state index contributed by atoms with van der Waals surface area (Å²) < 4.78 is 14.4. The number of para-hydroxylation sites is 1. The first-order valence-corrected chi connectivity index (χ1v) is 8.32. The zero-order valence-corrected chi connectivity index (χ0v) is 14.1. The first-order valence-electron chi connectivity index (χ1n) is 8.32. The van der Waals surface area contributed by atoms with Gasteiger partial charge in [0.2, 0.25) is 0 Å². The number of fused-ring (bicyclic) bond motifs is 1. The summed E-state index contributed by atoms with van der Waals surface area (Å²) in [6.45, 7) is 2.42. The lowest BCUT2D eigenvalue weighted by Gasteiger charge is -2.25. The summed E-state index contributed by atoms with van der Waals surface area (Å²) in [6.07, 6.45) is 5.12. The molecule has 1 aliphatic rings. The molecular weight excluding hydrogens is 315 g/mol. The number of hydrogen-bond donors (Lipinski definition) is 0. The molecule has 2 aromatic carbocycles. The minimum atomic E-state index is -0.198. The normalized spacial score (nSPS) is 14.9. The molecule has 1 aromatic heterocycles. The zero-order valence-electron chi connectivity index (χ0n) is 14.1. The molecule has 2 heterocycles. The van der Waals surface area contributed by atoms with Crippen LogP contribution in [0.5, 0.6) is 0 Å². The Balaban J connectivity index is 1.81. The molecule has 0 saturated heterocycles. The maximum Gasteiger partial charge on any atom is 0.146 e. The van der Waals surface area contributed by atoms with Gasteiger partial charge in [-0.25, -0.2) is 4.39 Å². The van der Waals surface area contributed by atoms with E-state index in [1.165, 1.54) is 6.07 Å². The smallest absolute Gasteiger partial charge is 0.146 e. The van der Waals surface area contributed by atoms with E-state index < -0.39 is 0 Å². The largest absolute Gasteiger partial charge is 0.338 e. The molecule has 126 valence electrons. The van der Waals surface area contributed by atoms with Crippen LogP contribution in [0.15, 0.2) is 61.1 Å². The van der Waals surface area contributed by atoms with Crippen molar-refractivity contribution in [2.24, 2.45) is 0 Å². The number of rotatable bonds is 2. The minimum absolute atomic E-state index is 0.198. The zero-order chi connectivity index (χ0) is 17.2. The fraction of sp³-hybridized carbons (Fsp3) is 0.200. The monoisotopic (exact) mass is 334 g/mol. The van der Waals surface area contributed by atoms with Crippen molar-refractivity contribution < 1.29 is 4.39 Å². The minimum Gasteiger partial charge on any atom is -0.338 e. The number of hydrogen-bond acceptors (Lipinski definition) is 4. The van der Waals surface area contributed by atoms with Crippen LogP contribution in [0.4, 0.5) is 15.8 Å². The fourth-order valence-corrected chi connectivity index (χ4v) is 3.26. The van der Waals surface area contributed by atoms with Crippen molar-refractivity contribution in [2.75, 3.05) is 25.0 Å². The second-order valence-corrected chi connectivity index (χ2v) is 6.27. The SMILES string of the molecule is CN1CCN(c2ccccc2F)c2ccc(-c3cnccn3)cc2C1. The molecule has 3 aromatic rings. The lowest BCUT2D eigenvalue weighted by Crippen LogP contribution is -2.26. The van der Waals surface area contributed by atoms with E-state index in [0.29, 0.717) is 5.69 Å². The molecule has 0 atom stereocenters. The van der Waals surface area contributed by atoms with Gasteiger partial charge in [0.25, 0.3) is 0 Å². The van der Waals surface area contributed by atoms with E-state index in [0.717, 1.165) is 42.1 Å². The predicted octanol–water partition coefficient (Wildman–Crippen LogP) is 3.87. The molecule has 5 heteroatoms. The highest BCUT2D eigenvalue weighted by atomic mass is 19.1. The number of anilines is 2. The Hall–Kier alpha value is -2.79. The van der Waals surface area contributed by atoms with Gasteiger partial charge in [0.15, 0.2) is 0 Å². The number of aromatic nitrogens is 2. The van der Waals surface area contributed by atoms with Crippen LogP contribution in [-0.4, -0.2) is 35.0 Å². The van der Waals surface area contributed by atoms with Crippen LogP contribution in [0.3, 0.4) is 0 Å². The summed E-state index contributed by atoms with van der Waals surface area (Å²) in [5.74, 6) is -0.198. The average molecular weight is 334 g/mol.